The number of anilines is 1. The number of carbonyl (C=O) groups excluding carboxylic acids is 1. The highest BCUT2D eigenvalue weighted by atomic mass is 32.1. The number of thiocarbonyl (C=S) groups is 1. The molecule has 0 unspecified atom stereocenters. The van der Waals surface area contributed by atoms with Gasteiger partial charge in [-0.2, -0.15) is 13.2 Å². The third-order valence-electron chi connectivity index (χ3n) is 2.50. The molecule has 1 rings (SSSR count). The maximum atomic E-state index is 12.4. The molecule has 0 saturated heterocycles. The molecule has 0 radical (unpaired) electrons. The molecule has 0 saturated carbocycles. The largest absolute Gasteiger partial charge is 0.416 e. The second kappa shape index (κ2) is 6.56. The molecule has 4 nitrogen and oxygen atoms in total. The zero-order valence-electron chi connectivity index (χ0n) is 10.7. The summed E-state index contributed by atoms with van der Waals surface area (Å²) in [6.45, 7) is 0.335. The van der Waals surface area contributed by atoms with Gasteiger partial charge in [-0.05, 0) is 24.3 Å². The summed E-state index contributed by atoms with van der Waals surface area (Å²) in [5, 5.41) is 2.48. The first kappa shape index (κ1) is 16.2. The fraction of sp³-hybridized carbons (Fsp3) is 0.333. The third kappa shape index (κ3) is 5.04. The van der Waals surface area contributed by atoms with Crippen LogP contribution < -0.4 is 11.1 Å². The van der Waals surface area contributed by atoms with Crippen molar-refractivity contribution in [3.05, 3.63) is 29.8 Å². The Balaban J connectivity index is 2.60. The van der Waals surface area contributed by atoms with Gasteiger partial charge in [0.05, 0.1) is 10.6 Å². The molecule has 0 fully saturated rings. The summed E-state index contributed by atoms with van der Waals surface area (Å²) >= 11 is 4.69. The second-order valence-electron chi connectivity index (χ2n) is 4.14. The summed E-state index contributed by atoms with van der Waals surface area (Å²) < 4.78 is 37.1. The standard InChI is InChI=1S/C12H14F3N3OS/c1-18(7-6-10(16)20)11(19)17-9-4-2-8(3-5-9)12(13,14)15/h2-5H,6-7H2,1H3,(H2,16,20)(H,17,19). The van der Waals surface area contributed by atoms with Gasteiger partial charge in [0.2, 0.25) is 0 Å². The molecule has 8 heteroatoms. The smallest absolute Gasteiger partial charge is 0.393 e. The van der Waals surface area contributed by atoms with E-state index in [0.717, 1.165) is 12.1 Å². The van der Waals surface area contributed by atoms with Gasteiger partial charge in [0.1, 0.15) is 0 Å². The van der Waals surface area contributed by atoms with E-state index in [1.807, 2.05) is 0 Å². The zero-order valence-corrected chi connectivity index (χ0v) is 11.5. The van der Waals surface area contributed by atoms with Crippen LogP contribution in [0.2, 0.25) is 0 Å². The maximum Gasteiger partial charge on any atom is 0.416 e. The van der Waals surface area contributed by atoms with Crippen LogP contribution in [0.15, 0.2) is 24.3 Å². The molecule has 2 amide bonds. The number of rotatable bonds is 4. The quantitative estimate of drug-likeness (QED) is 0.841. The lowest BCUT2D eigenvalue weighted by atomic mass is 10.2. The molecule has 0 aromatic heterocycles. The summed E-state index contributed by atoms with van der Waals surface area (Å²) in [4.78, 5) is 13.4. The van der Waals surface area contributed by atoms with Crippen LogP contribution in [-0.4, -0.2) is 29.5 Å². The fourth-order valence-corrected chi connectivity index (χ4v) is 1.43. The van der Waals surface area contributed by atoms with Crippen molar-refractivity contribution >= 4 is 28.9 Å². The minimum atomic E-state index is -4.39. The van der Waals surface area contributed by atoms with Gasteiger partial charge in [-0.25, -0.2) is 4.79 Å². The molecule has 20 heavy (non-hydrogen) atoms. The second-order valence-corrected chi connectivity index (χ2v) is 4.67. The van der Waals surface area contributed by atoms with Gasteiger partial charge in [-0.15, -0.1) is 0 Å². The molecule has 1 aromatic rings. The van der Waals surface area contributed by atoms with Crippen LogP contribution in [0.1, 0.15) is 12.0 Å². The first-order valence-electron chi connectivity index (χ1n) is 5.68. The zero-order chi connectivity index (χ0) is 15.3. The van der Waals surface area contributed by atoms with Crippen LogP contribution in [0.3, 0.4) is 0 Å². The van der Waals surface area contributed by atoms with Crippen molar-refractivity contribution in [2.45, 2.75) is 12.6 Å². The number of hydrogen-bond donors (Lipinski definition) is 2. The molecule has 0 spiro atoms. The van der Waals surface area contributed by atoms with Crippen molar-refractivity contribution in [2.75, 3.05) is 18.9 Å². The van der Waals surface area contributed by atoms with E-state index < -0.39 is 17.8 Å². The molecule has 0 heterocycles. The SMILES string of the molecule is CN(CCC(N)=S)C(=O)Nc1ccc(C(F)(F)F)cc1. The van der Waals surface area contributed by atoms with Crippen molar-refractivity contribution in [1.29, 1.82) is 0 Å². The van der Waals surface area contributed by atoms with E-state index in [4.69, 9.17) is 18.0 Å². The van der Waals surface area contributed by atoms with E-state index in [-0.39, 0.29) is 5.69 Å². The molecular weight excluding hydrogens is 291 g/mol. The molecule has 0 aliphatic carbocycles. The van der Waals surface area contributed by atoms with Gasteiger partial charge in [0.15, 0.2) is 0 Å². The lowest BCUT2D eigenvalue weighted by molar-refractivity contribution is -0.137. The lowest BCUT2D eigenvalue weighted by Crippen LogP contribution is -2.33. The highest BCUT2D eigenvalue weighted by Crippen LogP contribution is 2.29. The monoisotopic (exact) mass is 305 g/mol. The lowest BCUT2D eigenvalue weighted by Gasteiger charge is -2.17. The maximum absolute atomic E-state index is 12.4. The van der Waals surface area contributed by atoms with E-state index in [9.17, 15) is 18.0 Å². The van der Waals surface area contributed by atoms with E-state index in [1.165, 1.54) is 24.1 Å². The number of alkyl halides is 3. The number of nitrogens with zero attached hydrogens (tertiary/aromatic N) is 1. The Hall–Kier alpha value is -1.83. The predicted molar refractivity (Wildman–Crippen MR) is 74.5 cm³/mol. The van der Waals surface area contributed by atoms with Crippen LogP contribution in [0, 0.1) is 0 Å². The van der Waals surface area contributed by atoms with Gasteiger partial charge in [-0.3, -0.25) is 0 Å². The predicted octanol–water partition coefficient (Wildman–Crippen LogP) is 2.85. The Morgan fingerprint density at radius 1 is 1.35 bits per heavy atom. The van der Waals surface area contributed by atoms with E-state index in [1.54, 1.807) is 0 Å². The number of halogens is 3. The van der Waals surface area contributed by atoms with Gasteiger partial charge < -0.3 is 16.0 Å². The summed E-state index contributed by atoms with van der Waals surface area (Å²) in [7, 11) is 1.54. The molecule has 0 aliphatic rings. The Labute approximate surface area is 119 Å². The average molecular weight is 305 g/mol. The first-order valence-corrected chi connectivity index (χ1v) is 6.08. The van der Waals surface area contributed by atoms with Gasteiger partial charge in [0.25, 0.3) is 0 Å². The Bertz CT molecular complexity index is 488. The topological polar surface area (TPSA) is 58.4 Å². The van der Waals surface area contributed by atoms with Gasteiger partial charge >= 0.3 is 12.2 Å². The highest BCUT2D eigenvalue weighted by Gasteiger charge is 2.30. The summed E-state index contributed by atoms with van der Waals surface area (Å²) in [5.74, 6) is 0. The van der Waals surface area contributed by atoms with Crippen molar-refractivity contribution < 1.29 is 18.0 Å². The normalized spacial score (nSPS) is 11.0. The number of carbonyl (C=O) groups is 1. The minimum absolute atomic E-state index is 0.283. The summed E-state index contributed by atoms with van der Waals surface area (Å²) in [6.07, 6.45) is -4.01. The van der Waals surface area contributed by atoms with Gasteiger partial charge in [0, 0.05) is 25.7 Å². The van der Waals surface area contributed by atoms with Crippen LogP contribution in [0.25, 0.3) is 0 Å². The molecule has 0 bridgehead atoms. The average Bonchev–Trinajstić information content (AvgIpc) is 2.35. The summed E-state index contributed by atoms with van der Waals surface area (Å²) in [5.41, 5.74) is 4.83. The van der Waals surface area contributed by atoms with E-state index in [0.29, 0.717) is 18.0 Å². The number of nitrogens with two attached hydrogens (primary N) is 1. The summed E-state index contributed by atoms with van der Waals surface area (Å²) in [6, 6.07) is 3.76. The minimum Gasteiger partial charge on any atom is -0.393 e. The van der Waals surface area contributed by atoms with Crippen molar-refractivity contribution in [2.24, 2.45) is 5.73 Å². The first-order chi connectivity index (χ1) is 9.20. The molecule has 3 N–H and O–H groups in total. The number of benzene rings is 1. The van der Waals surface area contributed by atoms with Crippen LogP contribution >= 0.6 is 12.2 Å². The Morgan fingerprint density at radius 3 is 2.35 bits per heavy atom. The number of hydrogen-bond acceptors (Lipinski definition) is 2. The molecular formula is C12H14F3N3OS. The van der Waals surface area contributed by atoms with Crippen molar-refractivity contribution in [1.82, 2.24) is 4.90 Å². The number of nitrogens with one attached hydrogen (secondary N) is 1. The highest BCUT2D eigenvalue weighted by molar-refractivity contribution is 7.80. The van der Waals surface area contributed by atoms with E-state index >= 15 is 0 Å². The van der Waals surface area contributed by atoms with Gasteiger partial charge in [-0.1, -0.05) is 12.2 Å². The molecule has 1 aromatic carbocycles. The van der Waals surface area contributed by atoms with Crippen LogP contribution in [0.4, 0.5) is 23.7 Å². The van der Waals surface area contributed by atoms with Crippen molar-refractivity contribution in [3.8, 4) is 0 Å². The Kier molecular flexibility index (Phi) is 5.32. The molecule has 110 valence electrons. The molecule has 0 aliphatic heterocycles. The van der Waals surface area contributed by atoms with Crippen molar-refractivity contribution in [3.63, 3.8) is 0 Å². The van der Waals surface area contributed by atoms with Crippen LogP contribution in [0.5, 0.6) is 0 Å². The Morgan fingerprint density at radius 2 is 1.90 bits per heavy atom. The fourth-order valence-electron chi connectivity index (χ4n) is 1.34. The number of urea groups is 1. The van der Waals surface area contributed by atoms with Crippen LogP contribution in [-0.2, 0) is 6.18 Å². The third-order valence-corrected chi connectivity index (χ3v) is 2.71. The molecule has 0 atom stereocenters. The van der Waals surface area contributed by atoms with E-state index in [2.05, 4.69) is 5.32 Å². The number of amides is 2.